The summed E-state index contributed by atoms with van der Waals surface area (Å²) in [6.07, 6.45) is 0. The van der Waals surface area contributed by atoms with Gasteiger partial charge in [-0.05, 0) is 206 Å². The summed E-state index contributed by atoms with van der Waals surface area (Å²) in [5.41, 5.74) is 0. The molecule has 10 aromatic rings. The molecule has 0 aromatic heterocycles. The van der Waals surface area contributed by atoms with E-state index in [9.17, 15) is 25.3 Å². The van der Waals surface area contributed by atoms with E-state index >= 15 is 0 Å². The quantitative estimate of drug-likeness (QED) is 0.0802. The number of hydrogen-bond acceptors (Lipinski definition) is 12. The molecule has 384 valence electrons. The molecule has 0 aliphatic heterocycles. The Kier molecular flexibility index (Phi) is 15.3. The summed E-state index contributed by atoms with van der Waals surface area (Å²) in [6.45, 7) is 0. The van der Waals surface area contributed by atoms with Gasteiger partial charge in [0.2, 0.25) is 29.5 Å². The number of rotatable bonds is 18. The molecule has 77 heavy (non-hydrogen) atoms. The predicted molar refractivity (Wildman–Crippen MR) is 297 cm³/mol. The Balaban J connectivity index is 0.713. The number of sulfone groups is 3. The van der Waals surface area contributed by atoms with Crippen LogP contribution in [0.25, 0.3) is 0 Å². The minimum Gasteiger partial charge on any atom is -0.457 e. The molecule has 17 heteroatoms. The zero-order valence-electron chi connectivity index (χ0n) is 40.0. The first-order valence-electron chi connectivity index (χ1n) is 23.3. The van der Waals surface area contributed by atoms with Crippen molar-refractivity contribution >= 4 is 61.4 Å². The van der Waals surface area contributed by atoms with Crippen LogP contribution in [0.2, 0.25) is 0 Å². The average molecular weight is 1210 g/mol. The van der Waals surface area contributed by atoms with Crippen molar-refractivity contribution in [1.82, 2.24) is 0 Å². The first-order valence-corrected chi connectivity index (χ1v) is 29.3. The Labute approximate surface area is 461 Å². The lowest BCUT2D eigenvalue weighted by Gasteiger charge is -2.11. The second-order valence-electron chi connectivity index (χ2n) is 16.8. The molecule has 0 saturated heterocycles. The van der Waals surface area contributed by atoms with Gasteiger partial charge in [-0.15, -0.1) is 0 Å². The third-order valence-electron chi connectivity index (χ3n) is 11.4. The molecule has 12 nitrogen and oxygen atoms in total. The Morgan fingerprint density at radius 3 is 0.558 bits per heavy atom. The molecule has 0 heterocycles. The van der Waals surface area contributed by atoms with E-state index in [1.807, 2.05) is 36.4 Å². The fourth-order valence-electron chi connectivity index (χ4n) is 7.61. The smallest absolute Gasteiger partial charge is 0.206 e. The van der Waals surface area contributed by atoms with Gasteiger partial charge in [0.05, 0.1) is 29.4 Å². The Morgan fingerprint density at radius 1 is 0.208 bits per heavy atom. The van der Waals surface area contributed by atoms with Gasteiger partial charge in [-0.2, -0.15) is 0 Å². The zero-order valence-corrected chi connectivity index (χ0v) is 45.6. The highest BCUT2D eigenvalue weighted by Gasteiger charge is 2.21. The van der Waals surface area contributed by atoms with Crippen LogP contribution in [0.3, 0.4) is 0 Å². The standard InChI is InChI=1S/C60H40Br2O12S3/c61-41-5-1-7-49(37-41)69-43-13-25-55(26-14-43)75(63,64)57-29-17-45(18-30-57)71-51-9-3-11-53(39-51)73-47-21-33-59(34-22-47)77(67,68)60-35-23-48(24-36-60)74-54-12-4-10-52(40-54)72-46-19-31-58(32-20-46)76(65,66)56-27-15-44(16-28-56)70-50-8-2-6-42(62)38-50/h1-40H. The van der Waals surface area contributed by atoms with Gasteiger partial charge in [-0.3, -0.25) is 0 Å². The van der Waals surface area contributed by atoms with E-state index < -0.39 is 29.5 Å². The molecular weight excluding hydrogens is 1170 g/mol. The largest absolute Gasteiger partial charge is 0.457 e. The lowest BCUT2D eigenvalue weighted by Crippen LogP contribution is -2.02. The van der Waals surface area contributed by atoms with Crippen molar-refractivity contribution in [3.63, 3.8) is 0 Å². The molecule has 0 amide bonds. The van der Waals surface area contributed by atoms with Crippen LogP contribution < -0.4 is 28.4 Å². The minimum absolute atomic E-state index is 0.0520. The SMILES string of the molecule is O=S(=O)(c1ccc(Oc2cccc(Br)c2)cc1)c1ccc(Oc2cccc(Oc3ccc(S(=O)(=O)c4ccc(Oc5cccc(Oc6ccc(S(=O)(=O)c7ccc(Oc8cccc(Br)c8)cc7)cc6)c5)cc4)cc3)c2)cc1. The van der Waals surface area contributed by atoms with Gasteiger partial charge in [0.15, 0.2) is 0 Å². The monoisotopic (exact) mass is 1210 g/mol. The third-order valence-corrected chi connectivity index (χ3v) is 17.8. The van der Waals surface area contributed by atoms with E-state index in [-0.39, 0.29) is 29.4 Å². The Hall–Kier alpha value is -8.19. The molecule has 0 saturated carbocycles. The number of ether oxygens (including phenoxy) is 6. The average Bonchev–Trinajstić information content (AvgIpc) is 3.42. The summed E-state index contributed by atoms with van der Waals surface area (Å²) < 4.78 is 119. The molecule has 0 N–H and O–H groups in total. The van der Waals surface area contributed by atoms with Gasteiger partial charge >= 0.3 is 0 Å². The molecule has 10 aromatic carbocycles. The van der Waals surface area contributed by atoms with Gasteiger partial charge in [0.25, 0.3) is 0 Å². The summed E-state index contributed by atoms with van der Waals surface area (Å²) in [5.74, 6) is 5.45. The summed E-state index contributed by atoms with van der Waals surface area (Å²) in [4.78, 5) is 0.512. The van der Waals surface area contributed by atoms with Crippen molar-refractivity contribution in [3.05, 3.63) is 252 Å². The van der Waals surface area contributed by atoms with Crippen LogP contribution in [0, 0.1) is 0 Å². The van der Waals surface area contributed by atoms with Crippen LogP contribution in [-0.2, 0) is 29.5 Å². The topological polar surface area (TPSA) is 158 Å². The van der Waals surface area contributed by atoms with E-state index in [1.165, 1.54) is 72.8 Å². The molecule has 0 unspecified atom stereocenters. The van der Waals surface area contributed by atoms with Crippen LogP contribution in [0.5, 0.6) is 69.0 Å². The number of benzene rings is 10. The molecule has 0 spiro atoms. The van der Waals surface area contributed by atoms with Crippen molar-refractivity contribution in [3.8, 4) is 69.0 Å². The molecular formula is C60H40Br2O12S3. The number of hydrogen-bond donors (Lipinski definition) is 0. The van der Waals surface area contributed by atoms with E-state index in [0.717, 1.165) is 8.95 Å². The molecule has 0 aliphatic carbocycles. The predicted octanol–water partition coefficient (Wildman–Crippen LogP) is 16.5. The maximum absolute atomic E-state index is 13.7. The summed E-state index contributed by atoms with van der Waals surface area (Å²) in [6, 6.07) is 64.9. The second kappa shape index (κ2) is 22.6. The second-order valence-corrected chi connectivity index (χ2v) is 24.5. The minimum atomic E-state index is -3.92. The van der Waals surface area contributed by atoms with Crippen molar-refractivity contribution < 1.29 is 53.7 Å². The van der Waals surface area contributed by atoms with Crippen LogP contribution in [0.1, 0.15) is 0 Å². The first-order chi connectivity index (χ1) is 37.1. The molecule has 0 aliphatic rings. The molecule has 0 atom stereocenters. The van der Waals surface area contributed by atoms with Gasteiger partial charge in [0, 0.05) is 21.1 Å². The lowest BCUT2D eigenvalue weighted by molar-refractivity contribution is 0.459. The Morgan fingerprint density at radius 2 is 0.377 bits per heavy atom. The number of halogens is 2. The fraction of sp³-hybridized carbons (Fsp3) is 0. The highest BCUT2D eigenvalue weighted by molar-refractivity contribution is 9.10. The molecule has 0 radical (unpaired) electrons. The van der Waals surface area contributed by atoms with E-state index in [0.29, 0.717) is 69.0 Å². The normalized spacial score (nSPS) is 11.6. The van der Waals surface area contributed by atoms with Crippen molar-refractivity contribution in [2.45, 2.75) is 29.4 Å². The van der Waals surface area contributed by atoms with Crippen molar-refractivity contribution in [1.29, 1.82) is 0 Å². The highest BCUT2D eigenvalue weighted by atomic mass is 79.9. The summed E-state index contributed by atoms with van der Waals surface area (Å²) in [7, 11) is -11.6. The Bertz CT molecular complexity index is 3810. The van der Waals surface area contributed by atoms with Crippen molar-refractivity contribution in [2.75, 3.05) is 0 Å². The molecule has 0 bridgehead atoms. The summed E-state index contributed by atoms with van der Waals surface area (Å²) >= 11 is 6.82. The summed E-state index contributed by atoms with van der Waals surface area (Å²) in [5, 5.41) is 0. The molecule has 0 fully saturated rings. The third kappa shape index (κ3) is 12.7. The van der Waals surface area contributed by atoms with E-state index in [1.54, 1.807) is 133 Å². The highest BCUT2D eigenvalue weighted by Crippen LogP contribution is 2.35. The molecule has 10 rings (SSSR count). The first kappa shape index (κ1) is 52.3. The zero-order chi connectivity index (χ0) is 53.6. The fourth-order valence-corrected chi connectivity index (χ4v) is 12.1. The van der Waals surface area contributed by atoms with E-state index in [2.05, 4.69) is 31.9 Å². The van der Waals surface area contributed by atoms with Gasteiger partial charge in [0.1, 0.15) is 69.0 Å². The van der Waals surface area contributed by atoms with Crippen LogP contribution in [-0.4, -0.2) is 25.3 Å². The van der Waals surface area contributed by atoms with E-state index in [4.69, 9.17) is 28.4 Å². The van der Waals surface area contributed by atoms with Crippen LogP contribution in [0.4, 0.5) is 0 Å². The van der Waals surface area contributed by atoms with Gasteiger partial charge in [-0.25, -0.2) is 25.3 Å². The van der Waals surface area contributed by atoms with Gasteiger partial charge < -0.3 is 28.4 Å². The lowest BCUT2D eigenvalue weighted by atomic mass is 10.3. The maximum Gasteiger partial charge on any atom is 0.206 e. The van der Waals surface area contributed by atoms with Crippen LogP contribution in [0.15, 0.2) is 281 Å². The van der Waals surface area contributed by atoms with Crippen molar-refractivity contribution in [2.24, 2.45) is 0 Å². The maximum atomic E-state index is 13.7. The van der Waals surface area contributed by atoms with Crippen LogP contribution >= 0.6 is 31.9 Å². The van der Waals surface area contributed by atoms with Gasteiger partial charge in [-0.1, -0.05) is 56.1 Å².